The molecule has 1 unspecified atom stereocenters. The molecule has 2 aromatic heterocycles. The highest BCUT2D eigenvalue weighted by Crippen LogP contribution is 2.25. The number of aromatic nitrogens is 2. The van der Waals surface area contributed by atoms with Crippen molar-refractivity contribution in [3.63, 3.8) is 0 Å². The number of aliphatic hydroxyl groups is 1. The lowest BCUT2D eigenvalue weighted by atomic mass is 10.1. The fourth-order valence-electron chi connectivity index (χ4n) is 1.67. The van der Waals surface area contributed by atoms with Crippen LogP contribution in [-0.2, 0) is 6.54 Å². The van der Waals surface area contributed by atoms with E-state index < -0.39 is 12.1 Å². The number of rotatable bonds is 4. The molecule has 2 N–H and O–H groups in total. The molecule has 0 aliphatic carbocycles. The maximum Gasteiger partial charge on any atom is 0.339 e. The lowest BCUT2D eigenvalue weighted by molar-refractivity contribution is 0.0687. The summed E-state index contributed by atoms with van der Waals surface area (Å²) >= 11 is 0. The van der Waals surface area contributed by atoms with Crippen LogP contribution < -0.4 is 0 Å². The van der Waals surface area contributed by atoms with E-state index >= 15 is 0 Å². The third kappa shape index (κ3) is 1.94. The second-order valence-electron chi connectivity index (χ2n) is 3.51. The zero-order valence-corrected chi connectivity index (χ0v) is 9.20. The summed E-state index contributed by atoms with van der Waals surface area (Å²) in [7, 11) is 0. The summed E-state index contributed by atoms with van der Waals surface area (Å²) in [6.07, 6.45) is 3.18. The maximum atomic E-state index is 10.9. The van der Waals surface area contributed by atoms with E-state index in [1.165, 1.54) is 18.5 Å². The van der Waals surface area contributed by atoms with Gasteiger partial charge < -0.3 is 19.2 Å². The summed E-state index contributed by atoms with van der Waals surface area (Å²) in [5.74, 6) is -1.11. The van der Waals surface area contributed by atoms with Crippen LogP contribution in [-0.4, -0.2) is 25.7 Å². The average molecular weight is 236 g/mol. The number of hydrogen-bond acceptors (Lipinski definition) is 4. The van der Waals surface area contributed by atoms with Crippen molar-refractivity contribution in [2.24, 2.45) is 0 Å². The molecule has 0 bridgehead atoms. The molecule has 0 aliphatic heterocycles. The number of nitrogens with zero attached hydrogens (tertiary/aromatic N) is 2. The molecule has 0 radical (unpaired) electrons. The van der Waals surface area contributed by atoms with Crippen LogP contribution >= 0.6 is 0 Å². The SMILES string of the molecule is CCn1cncc1C(O)c1occc1C(=O)O. The molecule has 2 aromatic rings. The summed E-state index contributed by atoms with van der Waals surface area (Å²) in [5, 5.41) is 19.0. The Bertz CT molecular complexity index is 529. The van der Waals surface area contributed by atoms with Gasteiger partial charge in [-0.15, -0.1) is 0 Å². The summed E-state index contributed by atoms with van der Waals surface area (Å²) in [5.41, 5.74) is 0.464. The van der Waals surface area contributed by atoms with Gasteiger partial charge in [-0.25, -0.2) is 9.78 Å². The largest absolute Gasteiger partial charge is 0.478 e. The molecule has 0 fully saturated rings. The standard InChI is InChI=1S/C11H12N2O4/c1-2-13-6-12-5-8(13)9(14)10-7(11(15)16)3-4-17-10/h3-6,9,14H,2H2,1H3,(H,15,16). The Morgan fingerprint density at radius 3 is 3.06 bits per heavy atom. The lowest BCUT2D eigenvalue weighted by Gasteiger charge is -2.11. The Hall–Kier alpha value is -2.08. The van der Waals surface area contributed by atoms with Crippen molar-refractivity contribution >= 4 is 5.97 Å². The maximum absolute atomic E-state index is 10.9. The molecule has 90 valence electrons. The van der Waals surface area contributed by atoms with Crippen molar-refractivity contribution in [3.8, 4) is 0 Å². The minimum atomic E-state index is -1.13. The molecule has 2 heterocycles. The minimum absolute atomic E-state index is 0.0210. The van der Waals surface area contributed by atoms with E-state index in [1.807, 2.05) is 6.92 Å². The zero-order chi connectivity index (χ0) is 12.4. The van der Waals surface area contributed by atoms with Crippen LogP contribution in [0.15, 0.2) is 29.3 Å². The Morgan fingerprint density at radius 1 is 1.65 bits per heavy atom. The van der Waals surface area contributed by atoms with E-state index in [-0.39, 0.29) is 11.3 Å². The van der Waals surface area contributed by atoms with E-state index in [0.717, 1.165) is 0 Å². The van der Waals surface area contributed by atoms with E-state index in [0.29, 0.717) is 12.2 Å². The Balaban J connectivity index is 2.40. The molecule has 0 amide bonds. The second-order valence-corrected chi connectivity index (χ2v) is 3.51. The zero-order valence-electron chi connectivity index (χ0n) is 9.20. The normalized spacial score (nSPS) is 12.6. The summed E-state index contributed by atoms with van der Waals surface area (Å²) in [4.78, 5) is 14.8. The van der Waals surface area contributed by atoms with Crippen molar-refractivity contribution in [3.05, 3.63) is 41.9 Å². The molecule has 6 nitrogen and oxygen atoms in total. The number of carboxylic acid groups (broad SMARTS) is 1. The first-order valence-electron chi connectivity index (χ1n) is 5.14. The monoisotopic (exact) mass is 236 g/mol. The van der Waals surface area contributed by atoms with E-state index in [2.05, 4.69) is 4.98 Å². The predicted octanol–water partition coefficient (Wildman–Crippen LogP) is 1.28. The number of aromatic carboxylic acids is 1. The number of hydrogen-bond donors (Lipinski definition) is 2. The molecule has 0 saturated heterocycles. The van der Waals surface area contributed by atoms with Crippen molar-refractivity contribution in [1.29, 1.82) is 0 Å². The van der Waals surface area contributed by atoms with Gasteiger partial charge in [-0.1, -0.05) is 0 Å². The van der Waals surface area contributed by atoms with Gasteiger partial charge in [0.05, 0.1) is 24.5 Å². The first-order valence-corrected chi connectivity index (χ1v) is 5.14. The highest BCUT2D eigenvalue weighted by molar-refractivity contribution is 5.88. The third-order valence-electron chi connectivity index (χ3n) is 2.54. The van der Waals surface area contributed by atoms with Gasteiger partial charge >= 0.3 is 5.97 Å². The number of carboxylic acids is 1. The van der Waals surface area contributed by atoms with Gasteiger partial charge in [0.15, 0.2) is 11.9 Å². The van der Waals surface area contributed by atoms with Gasteiger partial charge in [0.25, 0.3) is 0 Å². The number of aryl methyl sites for hydroxylation is 1. The van der Waals surface area contributed by atoms with Crippen LogP contribution in [0.3, 0.4) is 0 Å². The van der Waals surface area contributed by atoms with Crippen LogP contribution in [0.25, 0.3) is 0 Å². The lowest BCUT2D eigenvalue weighted by Crippen LogP contribution is -2.10. The van der Waals surface area contributed by atoms with Crippen LogP contribution in [0.1, 0.15) is 34.8 Å². The quantitative estimate of drug-likeness (QED) is 0.834. The average Bonchev–Trinajstić information content (AvgIpc) is 2.96. The van der Waals surface area contributed by atoms with Crippen molar-refractivity contribution in [2.45, 2.75) is 19.6 Å². The summed E-state index contributed by atoms with van der Waals surface area (Å²) in [6.45, 7) is 2.54. The predicted molar refractivity (Wildman–Crippen MR) is 57.6 cm³/mol. The number of aliphatic hydroxyl groups excluding tert-OH is 1. The molecule has 0 spiro atoms. The Kier molecular flexibility index (Phi) is 2.97. The van der Waals surface area contributed by atoms with Gasteiger partial charge in [-0.05, 0) is 13.0 Å². The first-order chi connectivity index (χ1) is 8.15. The summed E-state index contributed by atoms with van der Waals surface area (Å²) in [6, 6.07) is 1.31. The molecule has 2 rings (SSSR count). The van der Waals surface area contributed by atoms with Gasteiger partial charge in [-0.2, -0.15) is 0 Å². The van der Waals surface area contributed by atoms with Crippen molar-refractivity contribution in [1.82, 2.24) is 9.55 Å². The number of furan rings is 1. The van der Waals surface area contributed by atoms with E-state index in [4.69, 9.17) is 9.52 Å². The smallest absolute Gasteiger partial charge is 0.339 e. The number of imidazole rings is 1. The molecule has 1 atom stereocenters. The fraction of sp³-hybridized carbons (Fsp3) is 0.273. The second kappa shape index (κ2) is 4.42. The minimum Gasteiger partial charge on any atom is -0.478 e. The Morgan fingerprint density at radius 2 is 2.41 bits per heavy atom. The topological polar surface area (TPSA) is 88.5 Å². The summed E-state index contributed by atoms with van der Waals surface area (Å²) < 4.78 is 6.76. The van der Waals surface area contributed by atoms with Crippen LogP contribution in [0.2, 0.25) is 0 Å². The van der Waals surface area contributed by atoms with Crippen LogP contribution in [0, 0.1) is 0 Å². The fourth-order valence-corrected chi connectivity index (χ4v) is 1.67. The highest BCUT2D eigenvalue weighted by atomic mass is 16.4. The van der Waals surface area contributed by atoms with E-state index in [9.17, 15) is 9.90 Å². The van der Waals surface area contributed by atoms with Crippen LogP contribution in [0.5, 0.6) is 0 Å². The third-order valence-corrected chi connectivity index (χ3v) is 2.54. The highest BCUT2D eigenvalue weighted by Gasteiger charge is 2.24. The van der Waals surface area contributed by atoms with Gasteiger partial charge in [0.1, 0.15) is 5.56 Å². The molecule has 17 heavy (non-hydrogen) atoms. The van der Waals surface area contributed by atoms with Crippen molar-refractivity contribution < 1.29 is 19.4 Å². The van der Waals surface area contributed by atoms with Gasteiger partial charge in [-0.3, -0.25) is 0 Å². The Labute approximate surface area is 97.1 Å². The number of carbonyl (C=O) groups is 1. The van der Waals surface area contributed by atoms with Gasteiger partial charge in [0, 0.05) is 6.54 Å². The van der Waals surface area contributed by atoms with Crippen LogP contribution in [0.4, 0.5) is 0 Å². The molecular formula is C11H12N2O4. The molecule has 6 heteroatoms. The molecule has 0 aromatic carbocycles. The molecular weight excluding hydrogens is 224 g/mol. The first kappa shape index (κ1) is 11.4. The van der Waals surface area contributed by atoms with Gasteiger partial charge in [0.2, 0.25) is 0 Å². The molecule has 0 saturated carbocycles. The molecule has 0 aliphatic rings. The van der Waals surface area contributed by atoms with Crippen molar-refractivity contribution in [2.75, 3.05) is 0 Å². The van der Waals surface area contributed by atoms with E-state index in [1.54, 1.807) is 10.9 Å².